The number of hydrogen-bond donors (Lipinski definition) is 1. The molecule has 2 aliphatic rings. The lowest BCUT2D eigenvalue weighted by Gasteiger charge is -2.35. The smallest absolute Gasteiger partial charge is 0.410 e. The fraction of sp³-hybridized carbons (Fsp3) is 0.947. The number of ether oxygens (including phenoxy) is 1. The second kappa shape index (κ2) is 7.87. The first-order chi connectivity index (χ1) is 10.8. The Morgan fingerprint density at radius 3 is 2.61 bits per heavy atom. The lowest BCUT2D eigenvalue weighted by molar-refractivity contribution is 0.0164. The number of piperidine rings is 1. The predicted octanol–water partition coefficient (Wildman–Crippen LogP) is 4.05. The molecule has 1 saturated heterocycles. The molecule has 0 bridgehead atoms. The molecule has 4 nitrogen and oxygen atoms in total. The zero-order chi connectivity index (χ0) is 17.0. The molecule has 4 atom stereocenters. The van der Waals surface area contributed by atoms with Crippen LogP contribution in [0.5, 0.6) is 0 Å². The van der Waals surface area contributed by atoms with Crippen LogP contribution in [0.15, 0.2) is 0 Å². The number of likely N-dealkylation sites (tertiary alicyclic amines) is 1. The third-order valence-electron chi connectivity index (χ3n) is 5.59. The number of nitrogens with one attached hydrogen (secondary N) is 1. The molecule has 1 saturated carbocycles. The maximum atomic E-state index is 12.2. The van der Waals surface area contributed by atoms with Gasteiger partial charge in [-0.3, -0.25) is 0 Å². The number of rotatable bonds is 4. The monoisotopic (exact) mass is 324 g/mol. The van der Waals surface area contributed by atoms with Crippen molar-refractivity contribution in [2.24, 2.45) is 17.8 Å². The van der Waals surface area contributed by atoms with Crippen LogP contribution in [-0.2, 0) is 4.74 Å². The average molecular weight is 325 g/mol. The van der Waals surface area contributed by atoms with E-state index in [-0.39, 0.29) is 6.09 Å². The van der Waals surface area contributed by atoms with Crippen molar-refractivity contribution in [3.8, 4) is 0 Å². The minimum absolute atomic E-state index is 0.150. The van der Waals surface area contributed by atoms with Crippen molar-refractivity contribution in [2.75, 3.05) is 19.6 Å². The molecule has 1 aliphatic carbocycles. The first-order valence-electron chi connectivity index (χ1n) is 9.51. The fourth-order valence-corrected chi connectivity index (χ4v) is 4.15. The first kappa shape index (κ1) is 18.6. The molecule has 0 aromatic heterocycles. The van der Waals surface area contributed by atoms with Crippen molar-refractivity contribution in [1.82, 2.24) is 10.2 Å². The largest absolute Gasteiger partial charge is 0.444 e. The van der Waals surface area contributed by atoms with Gasteiger partial charge in [0.05, 0.1) is 0 Å². The van der Waals surface area contributed by atoms with E-state index in [0.29, 0.717) is 12.0 Å². The van der Waals surface area contributed by atoms with Gasteiger partial charge in [0.2, 0.25) is 0 Å². The molecule has 0 spiro atoms. The number of amides is 1. The maximum Gasteiger partial charge on any atom is 0.410 e. The van der Waals surface area contributed by atoms with Crippen molar-refractivity contribution in [2.45, 2.75) is 78.4 Å². The van der Waals surface area contributed by atoms with E-state index < -0.39 is 5.60 Å². The van der Waals surface area contributed by atoms with Crippen LogP contribution < -0.4 is 5.32 Å². The van der Waals surface area contributed by atoms with Crippen LogP contribution in [-0.4, -0.2) is 42.3 Å². The molecule has 2 fully saturated rings. The van der Waals surface area contributed by atoms with E-state index in [1.165, 1.54) is 25.7 Å². The van der Waals surface area contributed by atoms with E-state index in [4.69, 9.17) is 4.74 Å². The Balaban J connectivity index is 1.77. The highest BCUT2D eigenvalue weighted by Gasteiger charge is 2.32. The summed E-state index contributed by atoms with van der Waals surface area (Å²) in [7, 11) is 0. The quantitative estimate of drug-likeness (QED) is 0.848. The van der Waals surface area contributed by atoms with Gasteiger partial charge in [-0.05, 0) is 70.8 Å². The molecular weight excluding hydrogens is 288 g/mol. The average Bonchev–Trinajstić information content (AvgIpc) is 2.84. The van der Waals surface area contributed by atoms with Crippen LogP contribution in [0.2, 0.25) is 0 Å². The van der Waals surface area contributed by atoms with E-state index in [1.807, 2.05) is 25.7 Å². The van der Waals surface area contributed by atoms with Crippen LogP contribution in [0.3, 0.4) is 0 Å². The molecule has 1 aliphatic heterocycles. The number of carbonyl (C=O) groups is 1. The second-order valence-electron chi connectivity index (χ2n) is 8.55. The summed E-state index contributed by atoms with van der Waals surface area (Å²) >= 11 is 0. The van der Waals surface area contributed by atoms with Gasteiger partial charge < -0.3 is 15.0 Å². The topological polar surface area (TPSA) is 41.6 Å². The number of nitrogens with zero attached hydrogens (tertiary/aromatic N) is 1. The van der Waals surface area contributed by atoms with Crippen LogP contribution in [0.4, 0.5) is 4.79 Å². The van der Waals surface area contributed by atoms with Gasteiger partial charge in [0.1, 0.15) is 5.60 Å². The van der Waals surface area contributed by atoms with Crippen molar-refractivity contribution in [3.63, 3.8) is 0 Å². The van der Waals surface area contributed by atoms with E-state index in [2.05, 4.69) is 19.2 Å². The number of hydrogen-bond acceptors (Lipinski definition) is 3. The fourth-order valence-electron chi connectivity index (χ4n) is 4.15. The molecule has 0 aromatic rings. The summed E-state index contributed by atoms with van der Waals surface area (Å²) in [6.45, 7) is 13.2. The van der Waals surface area contributed by atoms with E-state index in [9.17, 15) is 4.79 Å². The Labute approximate surface area is 142 Å². The third kappa shape index (κ3) is 5.37. The van der Waals surface area contributed by atoms with Crippen molar-refractivity contribution < 1.29 is 9.53 Å². The zero-order valence-corrected chi connectivity index (χ0v) is 15.7. The van der Waals surface area contributed by atoms with Gasteiger partial charge >= 0.3 is 6.09 Å². The van der Waals surface area contributed by atoms with Crippen molar-refractivity contribution in [3.05, 3.63) is 0 Å². The minimum Gasteiger partial charge on any atom is -0.444 e. The van der Waals surface area contributed by atoms with Crippen molar-refractivity contribution >= 4 is 6.09 Å². The Kier molecular flexibility index (Phi) is 6.35. The highest BCUT2D eigenvalue weighted by atomic mass is 16.6. The number of carbonyl (C=O) groups excluding carboxylic acids is 1. The Morgan fingerprint density at radius 2 is 2.00 bits per heavy atom. The first-order valence-corrected chi connectivity index (χ1v) is 9.51. The van der Waals surface area contributed by atoms with Crippen LogP contribution in [0, 0.1) is 17.8 Å². The normalized spacial score (nSPS) is 32.1. The summed E-state index contributed by atoms with van der Waals surface area (Å²) < 4.78 is 5.52. The molecule has 0 aromatic carbocycles. The molecule has 0 radical (unpaired) electrons. The predicted molar refractivity (Wildman–Crippen MR) is 94.5 cm³/mol. The zero-order valence-electron chi connectivity index (χ0n) is 15.7. The van der Waals surface area contributed by atoms with Gasteiger partial charge in [0.15, 0.2) is 0 Å². The van der Waals surface area contributed by atoms with E-state index >= 15 is 0 Å². The standard InChI is InChI=1S/C19H36N2O2/c1-6-16-9-10-17(14(16)2)20-12-15-8-7-11-21(13-15)18(22)23-19(3,4)5/h14-17,20H,6-13H2,1-5H3. The summed E-state index contributed by atoms with van der Waals surface area (Å²) in [6.07, 6.45) is 6.12. The molecule has 4 heteroatoms. The molecule has 2 rings (SSSR count). The molecule has 134 valence electrons. The SMILES string of the molecule is CCC1CCC(NCC2CCCN(C(=O)OC(C)(C)C)C2)C1C. The van der Waals surface area contributed by atoms with Gasteiger partial charge in [-0.1, -0.05) is 20.3 Å². The second-order valence-corrected chi connectivity index (χ2v) is 8.55. The summed E-state index contributed by atoms with van der Waals surface area (Å²) in [6, 6.07) is 0.664. The van der Waals surface area contributed by atoms with Gasteiger partial charge in [0, 0.05) is 19.1 Å². The van der Waals surface area contributed by atoms with E-state index in [1.54, 1.807) is 0 Å². The molecule has 1 amide bonds. The van der Waals surface area contributed by atoms with Crippen molar-refractivity contribution in [1.29, 1.82) is 0 Å². The minimum atomic E-state index is -0.406. The lowest BCUT2D eigenvalue weighted by Crippen LogP contribution is -2.46. The molecule has 4 unspecified atom stereocenters. The highest BCUT2D eigenvalue weighted by molar-refractivity contribution is 5.68. The molecule has 1 N–H and O–H groups in total. The Morgan fingerprint density at radius 1 is 1.26 bits per heavy atom. The van der Waals surface area contributed by atoms with Gasteiger partial charge in [0.25, 0.3) is 0 Å². The molecule has 1 heterocycles. The highest BCUT2D eigenvalue weighted by Crippen LogP contribution is 2.34. The van der Waals surface area contributed by atoms with Gasteiger partial charge in [-0.15, -0.1) is 0 Å². The Hall–Kier alpha value is -0.770. The van der Waals surface area contributed by atoms with Crippen LogP contribution in [0.1, 0.15) is 66.7 Å². The lowest BCUT2D eigenvalue weighted by atomic mass is 9.92. The summed E-state index contributed by atoms with van der Waals surface area (Å²) in [5.41, 5.74) is -0.406. The third-order valence-corrected chi connectivity index (χ3v) is 5.59. The Bertz CT molecular complexity index is 391. The molecular formula is C19H36N2O2. The van der Waals surface area contributed by atoms with Gasteiger partial charge in [-0.25, -0.2) is 4.79 Å². The van der Waals surface area contributed by atoms with Crippen LogP contribution >= 0.6 is 0 Å². The summed E-state index contributed by atoms with van der Waals surface area (Å²) in [5, 5.41) is 3.79. The summed E-state index contributed by atoms with van der Waals surface area (Å²) in [5.74, 6) is 2.23. The van der Waals surface area contributed by atoms with Gasteiger partial charge in [-0.2, -0.15) is 0 Å². The van der Waals surface area contributed by atoms with Crippen LogP contribution in [0.25, 0.3) is 0 Å². The molecule has 23 heavy (non-hydrogen) atoms. The summed E-state index contributed by atoms with van der Waals surface area (Å²) in [4.78, 5) is 14.1. The van der Waals surface area contributed by atoms with E-state index in [0.717, 1.165) is 37.9 Å². The maximum absolute atomic E-state index is 12.2.